The predicted molar refractivity (Wildman–Crippen MR) is 141 cm³/mol. The number of rotatable bonds is 14. The van der Waals surface area contributed by atoms with Gasteiger partial charge in [-0.3, -0.25) is 14.0 Å². The smallest absolute Gasteiger partial charge is 0.407 e. The maximum absolute atomic E-state index is 13.3. The number of nitrogens with two attached hydrogens (primary N) is 1. The highest BCUT2D eigenvalue weighted by atomic mass is 19.1. The van der Waals surface area contributed by atoms with Gasteiger partial charge in [-0.2, -0.15) is 0 Å². The number of unbranched alkanes of at least 4 members (excludes halogenated alkanes) is 2. The van der Waals surface area contributed by atoms with Crippen molar-refractivity contribution in [2.24, 2.45) is 5.73 Å². The van der Waals surface area contributed by atoms with Crippen molar-refractivity contribution >= 4 is 17.8 Å². The highest BCUT2D eigenvalue weighted by molar-refractivity contribution is 5.93. The molecule has 2 aromatic carbocycles. The number of para-hydroxylation sites is 1. The lowest BCUT2D eigenvalue weighted by molar-refractivity contribution is -0.121. The third-order valence-electron chi connectivity index (χ3n) is 4.76. The average molecular weight is 555 g/mol. The number of carbonyl (C=O) groups excluding carboxylic acids is 3. The molecule has 8 nitrogen and oxygen atoms in total. The van der Waals surface area contributed by atoms with Crippen molar-refractivity contribution in [2.75, 3.05) is 26.4 Å². The average Bonchev–Trinajstić information content (AvgIpc) is 2.85. The normalized spacial score (nSPS) is 10.6. The fourth-order valence-corrected chi connectivity index (χ4v) is 2.96. The summed E-state index contributed by atoms with van der Waals surface area (Å²) >= 11 is 0. The second-order valence-corrected chi connectivity index (χ2v) is 9.40. The van der Waals surface area contributed by atoms with Gasteiger partial charge in [0.15, 0.2) is 23.2 Å². The number of primary amides is 1. The summed E-state index contributed by atoms with van der Waals surface area (Å²) in [5, 5.41) is 2.63. The molecule has 0 fully saturated rings. The van der Waals surface area contributed by atoms with Gasteiger partial charge in [-0.05, 0) is 63.9 Å². The molecule has 0 saturated carbocycles. The topological polar surface area (TPSA) is 117 Å². The van der Waals surface area contributed by atoms with E-state index >= 15 is 0 Å². The Kier molecular flexibility index (Phi) is 15.1. The van der Waals surface area contributed by atoms with Crippen LogP contribution in [0, 0.1) is 11.6 Å². The zero-order valence-corrected chi connectivity index (χ0v) is 22.6. The fraction of sp³-hybridized carbons (Fsp3) is 0.464. The first kappa shape index (κ1) is 33.3. The molecule has 0 atom stereocenters. The second-order valence-electron chi connectivity index (χ2n) is 9.40. The van der Waals surface area contributed by atoms with Crippen LogP contribution >= 0.6 is 0 Å². The maximum atomic E-state index is 13.3. The molecule has 3 N–H and O–H groups in total. The van der Waals surface area contributed by atoms with Crippen LogP contribution in [0.4, 0.5) is 18.0 Å². The Morgan fingerprint density at radius 3 is 2.21 bits per heavy atom. The number of nitrogens with one attached hydrogen (secondary N) is 1. The Balaban J connectivity index is 0.000000457. The molecule has 0 heterocycles. The molecule has 0 spiro atoms. The van der Waals surface area contributed by atoms with Gasteiger partial charge in [0, 0.05) is 24.9 Å². The number of hydrogen-bond donors (Lipinski definition) is 2. The summed E-state index contributed by atoms with van der Waals surface area (Å²) in [5.74, 6) is -2.39. The van der Waals surface area contributed by atoms with Crippen molar-refractivity contribution in [1.82, 2.24) is 5.32 Å². The number of ketones is 1. The number of benzene rings is 2. The van der Waals surface area contributed by atoms with Crippen LogP contribution < -0.4 is 20.5 Å². The second kappa shape index (κ2) is 17.7. The Morgan fingerprint density at radius 1 is 0.923 bits per heavy atom. The number of alkyl carbamates (subject to hydrolysis) is 1. The zero-order chi connectivity index (χ0) is 29.3. The van der Waals surface area contributed by atoms with Crippen LogP contribution in [0.5, 0.6) is 11.5 Å². The van der Waals surface area contributed by atoms with Gasteiger partial charge in [0.1, 0.15) is 18.0 Å². The van der Waals surface area contributed by atoms with E-state index in [0.29, 0.717) is 43.7 Å². The van der Waals surface area contributed by atoms with E-state index in [9.17, 15) is 27.6 Å². The molecule has 216 valence electrons. The summed E-state index contributed by atoms with van der Waals surface area (Å²) in [7, 11) is 0. The third-order valence-corrected chi connectivity index (χ3v) is 4.76. The van der Waals surface area contributed by atoms with E-state index < -0.39 is 41.7 Å². The first-order valence-electron chi connectivity index (χ1n) is 12.6. The minimum absolute atomic E-state index is 0.234. The standard InChI is InChI=1S/C18H25F2NO4.C10H12FNO2/c1-18(2,3)25-17(23)21-11-6-4-5-8-13(22)12-24-16-14(19)9-7-10-15(16)20;11-5-2-6-14-9-4-1-3-8(7-9)10(12)13/h7,9-10H,4-6,8,11-12H2,1-3H3,(H,21,23);1,3-4,7H,2,5-6H2,(H2,12,13). The maximum Gasteiger partial charge on any atom is 0.407 e. The molecule has 0 radical (unpaired) electrons. The van der Waals surface area contributed by atoms with Crippen molar-refractivity contribution < 1.29 is 41.8 Å². The molecular weight excluding hydrogens is 517 g/mol. The van der Waals surface area contributed by atoms with Gasteiger partial charge in [-0.15, -0.1) is 0 Å². The van der Waals surface area contributed by atoms with Crippen LogP contribution in [0.15, 0.2) is 42.5 Å². The van der Waals surface area contributed by atoms with Crippen molar-refractivity contribution in [3.05, 3.63) is 59.7 Å². The first-order valence-corrected chi connectivity index (χ1v) is 12.6. The van der Waals surface area contributed by atoms with Crippen molar-refractivity contribution in [1.29, 1.82) is 0 Å². The minimum Gasteiger partial charge on any atom is -0.493 e. The van der Waals surface area contributed by atoms with Gasteiger partial charge in [-0.1, -0.05) is 18.6 Å². The van der Waals surface area contributed by atoms with Gasteiger partial charge in [0.2, 0.25) is 5.91 Å². The zero-order valence-electron chi connectivity index (χ0n) is 22.6. The molecule has 39 heavy (non-hydrogen) atoms. The van der Waals surface area contributed by atoms with Crippen LogP contribution in [0.1, 0.15) is 63.2 Å². The Labute approximate surface area is 227 Å². The molecule has 0 unspecified atom stereocenters. The van der Waals surface area contributed by atoms with E-state index in [1.165, 1.54) is 6.07 Å². The molecule has 2 rings (SSSR count). The number of amides is 2. The summed E-state index contributed by atoms with van der Waals surface area (Å²) in [6, 6.07) is 9.88. The summed E-state index contributed by atoms with van der Waals surface area (Å²) in [6.45, 7) is 5.34. The lowest BCUT2D eigenvalue weighted by Gasteiger charge is -2.19. The Bertz CT molecular complexity index is 1040. The number of ether oxygens (including phenoxy) is 3. The number of Topliss-reactive ketones (excluding diaryl/α,β-unsaturated/α-hetero) is 1. The molecule has 0 aromatic heterocycles. The summed E-state index contributed by atoms with van der Waals surface area (Å²) in [6.07, 6.45) is 2.18. The lowest BCUT2D eigenvalue weighted by atomic mass is 10.1. The number of alkyl halides is 1. The quantitative estimate of drug-likeness (QED) is 0.297. The lowest BCUT2D eigenvalue weighted by Crippen LogP contribution is -2.33. The van der Waals surface area contributed by atoms with E-state index in [1.807, 2.05) is 0 Å². The number of hydrogen-bond acceptors (Lipinski definition) is 6. The highest BCUT2D eigenvalue weighted by Crippen LogP contribution is 2.21. The minimum atomic E-state index is -0.832. The predicted octanol–water partition coefficient (Wildman–Crippen LogP) is 5.52. The van der Waals surface area contributed by atoms with Gasteiger partial charge in [0.05, 0.1) is 13.3 Å². The first-order chi connectivity index (χ1) is 18.4. The highest BCUT2D eigenvalue weighted by Gasteiger charge is 2.15. The SMILES string of the molecule is CC(C)(C)OC(=O)NCCCCCC(=O)COc1c(F)cccc1F.NC(=O)c1cccc(OCCCF)c1. The van der Waals surface area contributed by atoms with Crippen molar-refractivity contribution in [2.45, 2.75) is 58.5 Å². The van der Waals surface area contributed by atoms with Crippen molar-refractivity contribution in [3.63, 3.8) is 0 Å². The van der Waals surface area contributed by atoms with Gasteiger partial charge >= 0.3 is 6.09 Å². The van der Waals surface area contributed by atoms with Crippen LogP contribution in [-0.4, -0.2) is 49.8 Å². The Morgan fingerprint density at radius 2 is 1.59 bits per heavy atom. The van der Waals surface area contributed by atoms with E-state index in [0.717, 1.165) is 18.6 Å². The number of halogens is 3. The summed E-state index contributed by atoms with van der Waals surface area (Å²) in [5.41, 5.74) is 4.94. The molecule has 0 saturated heterocycles. The number of carbonyl (C=O) groups is 3. The summed E-state index contributed by atoms with van der Waals surface area (Å²) in [4.78, 5) is 33.9. The molecular formula is C28H37F3N2O6. The largest absolute Gasteiger partial charge is 0.493 e. The summed E-state index contributed by atoms with van der Waals surface area (Å²) < 4.78 is 53.6. The Hall–Kier alpha value is -3.76. The fourth-order valence-electron chi connectivity index (χ4n) is 2.96. The van der Waals surface area contributed by atoms with E-state index in [4.69, 9.17) is 19.9 Å². The van der Waals surface area contributed by atoms with Gasteiger partial charge in [-0.25, -0.2) is 13.6 Å². The molecule has 2 amide bonds. The van der Waals surface area contributed by atoms with Gasteiger partial charge < -0.3 is 25.3 Å². The van der Waals surface area contributed by atoms with E-state index in [1.54, 1.807) is 45.0 Å². The molecule has 0 bridgehead atoms. The molecule has 2 aromatic rings. The van der Waals surface area contributed by atoms with Gasteiger partial charge in [0.25, 0.3) is 0 Å². The molecule has 11 heteroatoms. The van der Waals surface area contributed by atoms with E-state index in [-0.39, 0.29) is 18.8 Å². The third kappa shape index (κ3) is 15.3. The van der Waals surface area contributed by atoms with Crippen molar-refractivity contribution in [3.8, 4) is 11.5 Å². The molecule has 0 aliphatic rings. The van der Waals surface area contributed by atoms with Crippen LogP contribution in [0.3, 0.4) is 0 Å². The van der Waals surface area contributed by atoms with Crippen LogP contribution in [0.2, 0.25) is 0 Å². The van der Waals surface area contributed by atoms with Crippen LogP contribution in [0.25, 0.3) is 0 Å². The van der Waals surface area contributed by atoms with E-state index in [2.05, 4.69) is 5.32 Å². The molecule has 0 aliphatic carbocycles. The van der Waals surface area contributed by atoms with Crippen LogP contribution in [-0.2, 0) is 9.53 Å². The monoisotopic (exact) mass is 554 g/mol. The molecule has 0 aliphatic heterocycles.